The molecule has 2 rings (SSSR count). The van der Waals surface area contributed by atoms with Crippen LogP contribution in [0.3, 0.4) is 0 Å². The largest absolute Gasteiger partial charge is 0.392 e. The molecule has 88 valence electrons. The second kappa shape index (κ2) is 4.88. The van der Waals surface area contributed by atoms with E-state index in [9.17, 15) is 4.39 Å². The van der Waals surface area contributed by atoms with Gasteiger partial charge < -0.3 is 10.0 Å². The lowest BCUT2D eigenvalue weighted by molar-refractivity contribution is 0.281. The van der Waals surface area contributed by atoms with E-state index < -0.39 is 0 Å². The molecule has 0 radical (unpaired) electrons. The van der Waals surface area contributed by atoms with Crippen molar-refractivity contribution in [1.29, 1.82) is 0 Å². The maximum absolute atomic E-state index is 13.1. The van der Waals surface area contributed by atoms with Gasteiger partial charge in [0.25, 0.3) is 0 Å². The average Bonchev–Trinajstić information content (AvgIpc) is 2.38. The number of rotatable bonds is 3. The summed E-state index contributed by atoms with van der Waals surface area (Å²) in [6.07, 6.45) is 3.08. The zero-order valence-electron chi connectivity index (χ0n) is 9.34. The quantitative estimate of drug-likeness (QED) is 0.879. The van der Waals surface area contributed by atoms with Crippen LogP contribution in [0.1, 0.15) is 5.56 Å². The lowest BCUT2D eigenvalue weighted by Gasteiger charge is -2.16. The number of hydrogen-bond acceptors (Lipinski definition) is 4. The van der Waals surface area contributed by atoms with Gasteiger partial charge in [-0.2, -0.15) is 0 Å². The van der Waals surface area contributed by atoms with Crippen LogP contribution in [0.15, 0.2) is 36.7 Å². The Morgan fingerprint density at radius 2 is 2.00 bits per heavy atom. The zero-order chi connectivity index (χ0) is 12.3. The second-order valence-corrected chi connectivity index (χ2v) is 3.59. The molecule has 2 aromatic rings. The van der Waals surface area contributed by atoms with E-state index in [1.165, 1.54) is 24.5 Å². The predicted molar refractivity (Wildman–Crippen MR) is 62.4 cm³/mol. The van der Waals surface area contributed by atoms with Gasteiger partial charge in [-0.3, -0.25) is 0 Å². The fourth-order valence-corrected chi connectivity index (χ4v) is 1.40. The van der Waals surface area contributed by atoms with Crippen LogP contribution < -0.4 is 4.90 Å². The minimum absolute atomic E-state index is 0.0933. The van der Waals surface area contributed by atoms with Gasteiger partial charge in [0, 0.05) is 30.7 Å². The van der Waals surface area contributed by atoms with Gasteiger partial charge in [-0.25, -0.2) is 14.4 Å². The molecule has 0 aliphatic rings. The molecular weight excluding hydrogens is 221 g/mol. The number of halogens is 1. The zero-order valence-corrected chi connectivity index (χ0v) is 9.34. The molecule has 1 N–H and O–H groups in total. The van der Waals surface area contributed by atoms with Crippen molar-refractivity contribution >= 4 is 11.6 Å². The third-order valence-corrected chi connectivity index (χ3v) is 2.37. The molecule has 0 fully saturated rings. The third-order valence-electron chi connectivity index (χ3n) is 2.37. The minimum atomic E-state index is -0.304. The molecule has 1 heterocycles. The molecule has 0 atom stereocenters. The van der Waals surface area contributed by atoms with Crippen molar-refractivity contribution in [3.8, 4) is 0 Å². The van der Waals surface area contributed by atoms with Crippen molar-refractivity contribution in [2.24, 2.45) is 0 Å². The van der Waals surface area contributed by atoms with Crippen molar-refractivity contribution in [1.82, 2.24) is 9.97 Å². The summed E-state index contributed by atoms with van der Waals surface area (Å²) in [5, 5.41) is 8.88. The first-order valence-electron chi connectivity index (χ1n) is 5.12. The first kappa shape index (κ1) is 11.5. The number of anilines is 2. The Bertz CT molecular complexity index is 501. The maximum Gasteiger partial charge on any atom is 0.229 e. The van der Waals surface area contributed by atoms with Gasteiger partial charge in [0.2, 0.25) is 5.95 Å². The van der Waals surface area contributed by atoms with Gasteiger partial charge in [0.15, 0.2) is 0 Å². The monoisotopic (exact) mass is 233 g/mol. The first-order chi connectivity index (χ1) is 8.20. The van der Waals surface area contributed by atoms with Crippen LogP contribution in [0.4, 0.5) is 16.0 Å². The highest BCUT2D eigenvalue weighted by molar-refractivity contribution is 5.55. The fourth-order valence-electron chi connectivity index (χ4n) is 1.40. The molecule has 0 aliphatic carbocycles. The highest BCUT2D eigenvalue weighted by atomic mass is 19.1. The van der Waals surface area contributed by atoms with E-state index in [0.29, 0.717) is 17.2 Å². The number of aliphatic hydroxyl groups excluding tert-OH is 1. The first-order valence-corrected chi connectivity index (χ1v) is 5.12. The van der Waals surface area contributed by atoms with E-state index in [-0.39, 0.29) is 12.4 Å². The molecule has 1 aromatic carbocycles. The standard InChI is InChI=1S/C12H12FN3O/c1-16(11-4-2-3-10(13)5-11)12-14-6-9(8-17)7-15-12/h2-7,17H,8H2,1H3. The van der Waals surface area contributed by atoms with Crippen molar-refractivity contribution in [3.05, 3.63) is 48.0 Å². The van der Waals surface area contributed by atoms with Crippen molar-refractivity contribution < 1.29 is 9.50 Å². The Hall–Kier alpha value is -2.01. The summed E-state index contributed by atoms with van der Waals surface area (Å²) in [6, 6.07) is 6.19. The highest BCUT2D eigenvalue weighted by Crippen LogP contribution is 2.20. The average molecular weight is 233 g/mol. The third kappa shape index (κ3) is 2.57. The van der Waals surface area contributed by atoms with Crippen molar-refractivity contribution in [2.45, 2.75) is 6.61 Å². The van der Waals surface area contributed by atoms with E-state index in [4.69, 9.17) is 5.11 Å². The summed E-state index contributed by atoms with van der Waals surface area (Å²) in [4.78, 5) is 9.85. The van der Waals surface area contributed by atoms with E-state index >= 15 is 0 Å². The molecule has 1 aromatic heterocycles. The smallest absolute Gasteiger partial charge is 0.229 e. The summed E-state index contributed by atoms with van der Waals surface area (Å²) >= 11 is 0. The summed E-state index contributed by atoms with van der Waals surface area (Å²) in [7, 11) is 1.75. The van der Waals surface area contributed by atoms with Crippen LogP contribution in [0.2, 0.25) is 0 Å². The molecule has 0 bridgehead atoms. The molecule has 17 heavy (non-hydrogen) atoms. The number of nitrogens with zero attached hydrogens (tertiary/aromatic N) is 3. The molecule has 0 unspecified atom stereocenters. The molecule has 0 spiro atoms. The van der Waals surface area contributed by atoms with Gasteiger partial charge in [-0.05, 0) is 18.2 Å². The maximum atomic E-state index is 13.1. The normalized spacial score (nSPS) is 10.3. The van der Waals surface area contributed by atoms with Gasteiger partial charge in [0.05, 0.1) is 6.61 Å². The van der Waals surface area contributed by atoms with Crippen LogP contribution in [0.5, 0.6) is 0 Å². The second-order valence-electron chi connectivity index (χ2n) is 3.59. The summed E-state index contributed by atoms with van der Waals surface area (Å²) in [5.74, 6) is 0.147. The Kier molecular flexibility index (Phi) is 3.30. The molecule has 0 saturated heterocycles. The van der Waals surface area contributed by atoms with Crippen LogP contribution in [0.25, 0.3) is 0 Å². The van der Waals surface area contributed by atoms with Crippen LogP contribution in [-0.4, -0.2) is 22.1 Å². The molecule has 0 aliphatic heterocycles. The van der Waals surface area contributed by atoms with E-state index in [1.807, 2.05) is 0 Å². The Labute approximate surface area is 98.4 Å². The van der Waals surface area contributed by atoms with Crippen LogP contribution in [-0.2, 0) is 6.61 Å². The lowest BCUT2D eigenvalue weighted by Crippen LogP contribution is -2.13. The molecule has 4 nitrogen and oxygen atoms in total. The lowest BCUT2D eigenvalue weighted by atomic mass is 10.3. The van der Waals surface area contributed by atoms with Gasteiger partial charge in [-0.1, -0.05) is 6.07 Å². The van der Waals surface area contributed by atoms with Crippen molar-refractivity contribution in [3.63, 3.8) is 0 Å². The van der Waals surface area contributed by atoms with Crippen LogP contribution >= 0.6 is 0 Å². The Morgan fingerprint density at radius 1 is 1.29 bits per heavy atom. The van der Waals surface area contributed by atoms with Crippen molar-refractivity contribution in [2.75, 3.05) is 11.9 Å². The molecule has 0 amide bonds. The number of aromatic nitrogens is 2. The molecule has 5 heteroatoms. The minimum Gasteiger partial charge on any atom is -0.392 e. The SMILES string of the molecule is CN(c1cccc(F)c1)c1ncc(CO)cn1. The summed E-state index contributed by atoms with van der Waals surface area (Å²) in [5.41, 5.74) is 1.31. The number of hydrogen-bond donors (Lipinski definition) is 1. The van der Waals surface area contributed by atoms with E-state index in [0.717, 1.165) is 0 Å². The highest BCUT2D eigenvalue weighted by Gasteiger charge is 2.07. The van der Waals surface area contributed by atoms with E-state index in [1.54, 1.807) is 24.1 Å². The fraction of sp³-hybridized carbons (Fsp3) is 0.167. The van der Waals surface area contributed by atoms with Gasteiger partial charge >= 0.3 is 0 Å². The number of aliphatic hydroxyl groups is 1. The Morgan fingerprint density at radius 3 is 2.59 bits per heavy atom. The summed E-state index contributed by atoms with van der Waals surface area (Å²) < 4.78 is 13.1. The topological polar surface area (TPSA) is 49.2 Å². The molecular formula is C12H12FN3O. The number of benzene rings is 1. The van der Waals surface area contributed by atoms with Gasteiger partial charge in [0.1, 0.15) is 5.82 Å². The van der Waals surface area contributed by atoms with Crippen LogP contribution in [0, 0.1) is 5.82 Å². The molecule has 0 saturated carbocycles. The van der Waals surface area contributed by atoms with E-state index in [2.05, 4.69) is 9.97 Å². The predicted octanol–water partition coefficient (Wildman–Crippen LogP) is 1.88. The Balaban J connectivity index is 2.27. The van der Waals surface area contributed by atoms with Gasteiger partial charge in [-0.15, -0.1) is 0 Å². The summed E-state index contributed by atoms with van der Waals surface area (Å²) in [6.45, 7) is -0.0933.